The fourth-order valence-corrected chi connectivity index (χ4v) is 4.79. The van der Waals surface area contributed by atoms with Crippen LogP contribution in [0.4, 0.5) is 5.82 Å². The van der Waals surface area contributed by atoms with Gasteiger partial charge in [-0.25, -0.2) is 15.0 Å². The molecule has 0 saturated carbocycles. The van der Waals surface area contributed by atoms with Gasteiger partial charge in [-0.1, -0.05) is 18.2 Å². The number of H-pyrrole nitrogens is 1. The Hall–Kier alpha value is -3.40. The molecule has 0 spiro atoms. The van der Waals surface area contributed by atoms with E-state index in [0.29, 0.717) is 28.6 Å². The lowest BCUT2D eigenvalue weighted by molar-refractivity contribution is -0.113. The standard InChI is InChI=1S/C19H17N7O2S/c1-10-14-16(11-5-3-4-6-12(11)28-2)29-7-13(27)24-18(14)26(25-10)19-15-17(21-8-20-15)22-9-23-19/h3-6,8-9,16H,7H2,1-2H3,(H,24,27)(H,20,21,22,23)/t16-/m1/s1. The highest BCUT2D eigenvalue weighted by Gasteiger charge is 2.32. The first kappa shape index (κ1) is 17.7. The number of benzene rings is 1. The maximum absolute atomic E-state index is 12.5. The topological polar surface area (TPSA) is 111 Å². The lowest BCUT2D eigenvalue weighted by Gasteiger charge is -2.18. The number of aromatic nitrogens is 6. The number of ether oxygens (including phenoxy) is 1. The summed E-state index contributed by atoms with van der Waals surface area (Å²) in [5.74, 6) is 2.13. The van der Waals surface area contributed by atoms with Crippen molar-refractivity contribution in [1.82, 2.24) is 29.7 Å². The smallest absolute Gasteiger partial charge is 0.235 e. The molecule has 146 valence electrons. The average Bonchev–Trinajstić information content (AvgIpc) is 3.29. The maximum atomic E-state index is 12.5. The number of carbonyl (C=O) groups is 1. The van der Waals surface area contributed by atoms with Gasteiger partial charge < -0.3 is 15.0 Å². The number of aromatic amines is 1. The number of imidazole rings is 1. The van der Waals surface area contributed by atoms with Crippen LogP contribution in [0.25, 0.3) is 17.0 Å². The third-order valence-electron chi connectivity index (χ3n) is 4.83. The van der Waals surface area contributed by atoms with E-state index < -0.39 is 0 Å². The average molecular weight is 407 g/mol. The van der Waals surface area contributed by atoms with Gasteiger partial charge in [0, 0.05) is 11.1 Å². The molecular formula is C19H17N7O2S. The molecule has 29 heavy (non-hydrogen) atoms. The van der Waals surface area contributed by atoms with Gasteiger partial charge in [0.1, 0.15) is 23.4 Å². The second-order valence-electron chi connectivity index (χ2n) is 6.54. The molecule has 1 atom stereocenters. The number of rotatable bonds is 3. The summed E-state index contributed by atoms with van der Waals surface area (Å²) < 4.78 is 7.23. The Morgan fingerprint density at radius 2 is 2.10 bits per heavy atom. The highest BCUT2D eigenvalue weighted by molar-refractivity contribution is 8.00. The molecule has 0 fully saturated rings. The van der Waals surface area contributed by atoms with Crippen molar-refractivity contribution in [2.24, 2.45) is 0 Å². The number of carbonyl (C=O) groups excluding carboxylic acids is 1. The Morgan fingerprint density at radius 3 is 2.97 bits per heavy atom. The van der Waals surface area contributed by atoms with Crippen molar-refractivity contribution in [2.75, 3.05) is 18.2 Å². The maximum Gasteiger partial charge on any atom is 0.235 e. The van der Waals surface area contributed by atoms with Crippen LogP contribution in [0.2, 0.25) is 0 Å². The van der Waals surface area contributed by atoms with E-state index in [4.69, 9.17) is 9.84 Å². The van der Waals surface area contributed by atoms with Crippen LogP contribution in [-0.4, -0.2) is 48.5 Å². The van der Waals surface area contributed by atoms with Crippen LogP contribution in [0.5, 0.6) is 5.75 Å². The van der Waals surface area contributed by atoms with Crippen LogP contribution in [0, 0.1) is 6.92 Å². The molecule has 0 unspecified atom stereocenters. The molecule has 1 amide bonds. The molecule has 4 heterocycles. The van der Waals surface area contributed by atoms with Gasteiger partial charge in [-0.2, -0.15) is 9.78 Å². The van der Waals surface area contributed by atoms with Gasteiger partial charge in [0.05, 0.1) is 30.1 Å². The SMILES string of the molecule is COc1ccccc1[C@H]1SCC(=O)Nc2c1c(C)nn2-c1ncnc2nc[nH]c12. The Balaban J connectivity index is 1.75. The fourth-order valence-electron chi connectivity index (χ4n) is 3.58. The zero-order chi connectivity index (χ0) is 20.0. The van der Waals surface area contributed by atoms with Gasteiger partial charge in [-0.15, -0.1) is 11.8 Å². The van der Waals surface area contributed by atoms with Crippen molar-refractivity contribution in [1.29, 1.82) is 0 Å². The molecule has 1 aliphatic rings. The van der Waals surface area contributed by atoms with Gasteiger partial charge in [0.15, 0.2) is 11.5 Å². The van der Waals surface area contributed by atoms with Gasteiger partial charge in [-0.3, -0.25) is 4.79 Å². The van der Waals surface area contributed by atoms with Gasteiger partial charge in [0.25, 0.3) is 0 Å². The molecule has 5 rings (SSSR count). The van der Waals surface area contributed by atoms with Crippen LogP contribution in [0.15, 0.2) is 36.9 Å². The number of amides is 1. The van der Waals surface area contributed by atoms with E-state index in [1.54, 1.807) is 29.9 Å². The van der Waals surface area contributed by atoms with Crippen molar-refractivity contribution < 1.29 is 9.53 Å². The largest absolute Gasteiger partial charge is 0.496 e. The molecule has 3 aromatic heterocycles. The van der Waals surface area contributed by atoms with Gasteiger partial charge in [0.2, 0.25) is 5.91 Å². The lowest BCUT2D eigenvalue weighted by atomic mass is 10.0. The zero-order valence-corrected chi connectivity index (χ0v) is 16.5. The summed E-state index contributed by atoms with van der Waals surface area (Å²) >= 11 is 1.55. The second kappa shape index (κ2) is 6.89. The Kier molecular flexibility index (Phi) is 4.20. The summed E-state index contributed by atoms with van der Waals surface area (Å²) in [6, 6.07) is 7.84. The first-order chi connectivity index (χ1) is 14.2. The minimum Gasteiger partial charge on any atom is -0.496 e. The summed E-state index contributed by atoms with van der Waals surface area (Å²) in [5, 5.41) is 7.60. The van der Waals surface area contributed by atoms with E-state index in [2.05, 4.69) is 25.3 Å². The number of fused-ring (bicyclic) bond motifs is 2. The van der Waals surface area contributed by atoms with E-state index in [1.165, 1.54) is 6.33 Å². The monoisotopic (exact) mass is 407 g/mol. The molecule has 1 aromatic carbocycles. The van der Waals surface area contributed by atoms with E-state index in [0.717, 1.165) is 22.6 Å². The molecular weight excluding hydrogens is 390 g/mol. The second-order valence-corrected chi connectivity index (χ2v) is 7.63. The number of aryl methyl sites for hydroxylation is 1. The van der Waals surface area contributed by atoms with E-state index in [1.807, 2.05) is 31.2 Å². The molecule has 0 aliphatic carbocycles. The number of anilines is 1. The highest BCUT2D eigenvalue weighted by atomic mass is 32.2. The van der Waals surface area contributed by atoms with Gasteiger partial charge in [-0.05, 0) is 13.0 Å². The van der Waals surface area contributed by atoms with E-state index >= 15 is 0 Å². The summed E-state index contributed by atoms with van der Waals surface area (Å²) in [6.45, 7) is 1.93. The Labute approximate surface area is 169 Å². The number of nitrogens with one attached hydrogen (secondary N) is 2. The first-order valence-electron chi connectivity index (χ1n) is 8.95. The van der Waals surface area contributed by atoms with Crippen LogP contribution in [0.3, 0.4) is 0 Å². The number of para-hydroxylation sites is 1. The van der Waals surface area contributed by atoms with Crippen molar-refractivity contribution in [2.45, 2.75) is 12.2 Å². The molecule has 0 saturated heterocycles. The van der Waals surface area contributed by atoms with E-state index in [-0.39, 0.29) is 11.2 Å². The van der Waals surface area contributed by atoms with Crippen LogP contribution in [0.1, 0.15) is 22.1 Å². The zero-order valence-electron chi connectivity index (χ0n) is 15.7. The molecule has 0 bridgehead atoms. The number of methoxy groups -OCH3 is 1. The summed E-state index contributed by atoms with van der Waals surface area (Å²) in [7, 11) is 1.65. The predicted molar refractivity (Wildman–Crippen MR) is 109 cm³/mol. The molecule has 2 N–H and O–H groups in total. The van der Waals surface area contributed by atoms with E-state index in [9.17, 15) is 4.79 Å². The molecule has 1 aliphatic heterocycles. The number of nitrogens with zero attached hydrogens (tertiary/aromatic N) is 5. The minimum atomic E-state index is -0.118. The number of thioether (sulfide) groups is 1. The van der Waals surface area contributed by atoms with Crippen molar-refractivity contribution in [3.8, 4) is 11.6 Å². The summed E-state index contributed by atoms with van der Waals surface area (Å²) in [5.41, 5.74) is 3.91. The van der Waals surface area contributed by atoms with Crippen molar-refractivity contribution >= 4 is 34.7 Å². The molecule has 4 aromatic rings. The molecule has 10 heteroatoms. The highest BCUT2D eigenvalue weighted by Crippen LogP contribution is 2.46. The van der Waals surface area contributed by atoms with Crippen molar-refractivity contribution in [3.05, 3.63) is 53.7 Å². The van der Waals surface area contributed by atoms with Crippen LogP contribution in [-0.2, 0) is 4.79 Å². The molecule has 0 radical (unpaired) electrons. The number of hydrogen-bond acceptors (Lipinski definition) is 7. The van der Waals surface area contributed by atoms with Crippen molar-refractivity contribution in [3.63, 3.8) is 0 Å². The van der Waals surface area contributed by atoms with Gasteiger partial charge >= 0.3 is 0 Å². The predicted octanol–water partition coefficient (Wildman–Crippen LogP) is 2.63. The fraction of sp³-hybridized carbons (Fsp3) is 0.211. The third-order valence-corrected chi connectivity index (χ3v) is 6.08. The third kappa shape index (κ3) is 2.83. The quantitative estimate of drug-likeness (QED) is 0.537. The Bertz CT molecular complexity index is 1230. The summed E-state index contributed by atoms with van der Waals surface area (Å²) in [4.78, 5) is 28.3. The van der Waals surface area contributed by atoms with Crippen LogP contribution < -0.4 is 10.1 Å². The summed E-state index contributed by atoms with van der Waals surface area (Å²) in [6.07, 6.45) is 3.00. The Morgan fingerprint density at radius 1 is 1.24 bits per heavy atom. The first-order valence-corrected chi connectivity index (χ1v) is 10.0. The lowest BCUT2D eigenvalue weighted by Crippen LogP contribution is -2.16. The minimum absolute atomic E-state index is 0.0929. The normalized spacial score (nSPS) is 16.3. The van der Waals surface area contributed by atoms with Crippen LogP contribution >= 0.6 is 11.8 Å². The number of hydrogen-bond donors (Lipinski definition) is 2. The molecule has 9 nitrogen and oxygen atoms in total.